The van der Waals surface area contributed by atoms with Gasteiger partial charge >= 0.3 is 0 Å². The van der Waals surface area contributed by atoms with E-state index in [-0.39, 0.29) is 5.91 Å². The van der Waals surface area contributed by atoms with E-state index in [9.17, 15) is 4.79 Å². The number of ether oxygens (including phenoxy) is 2. The fourth-order valence-electron chi connectivity index (χ4n) is 4.23. The largest absolute Gasteiger partial charge is 0.496 e. The van der Waals surface area contributed by atoms with Crippen LogP contribution in [0.3, 0.4) is 0 Å². The second kappa shape index (κ2) is 10.7. The number of nitrogens with zero attached hydrogens (tertiary/aromatic N) is 2. The van der Waals surface area contributed by atoms with E-state index in [0.717, 1.165) is 56.9 Å². The molecule has 2 aliphatic heterocycles. The van der Waals surface area contributed by atoms with Gasteiger partial charge in [0.15, 0.2) is 0 Å². The quantitative estimate of drug-likeness (QED) is 0.701. The Labute approximate surface area is 163 Å². The minimum absolute atomic E-state index is 0.268. The van der Waals surface area contributed by atoms with Crippen molar-refractivity contribution in [1.29, 1.82) is 0 Å². The van der Waals surface area contributed by atoms with E-state index in [4.69, 9.17) is 9.47 Å². The van der Waals surface area contributed by atoms with Crippen molar-refractivity contribution in [2.24, 2.45) is 0 Å². The number of carbonyl (C=O) groups excluding carboxylic acids is 1. The summed E-state index contributed by atoms with van der Waals surface area (Å²) in [5.74, 6) is 1.14. The molecule has 5 heteroatoms. The molecule has 1 aromatic rings. The molecular weight excluding hydrogens is 340 g/mol. The second-order valence-electron chi connectivity index (χ2n) is 7.64. The first-order chi connectivity index (χ1) is 13.3. The molecule has 0 spiro atoms. The standard InChI is InChI=1S/C22H34N2O3/c1-26-21-8-4-3-7-19(21)9-10-22(25)24(20-11-17-27-18-12-20)16-15-23-13-5-2-6-14-23/h3-4,7-8,20H,2,5-6,9-18H2,1H3. The van der Waals surface area contributed by atoms with Crippen LogP contribution in [0.4, 0.5) is 0 Å². The van der Waals surface area contributed by atoms with Crippen LogP contribution in [0.2, 0.25) is 0 Å². The fourth-order valence-corrected chi connectivity index (χ4v) is 4.23. The van der Waals surface area contributed by atoms with E-state index >= 15 is 0 Å². The topological polar surface area (TPSA) is 42.0 Å². The zero-order valence-electron chi connectivity index (χ0n) is 16.7. The van der Waals surface area contributed by atoms with Crippen molar-refractivity contribution in [2.45, 2.75) is 51.0 Å². The van der Waals surface area contributed by atoms with Gasteiger partial charge in [-0.2, -0.15) is 0 Å². The van der Waals surface area contributed by atoms with Gasteiger partial charge in [0.1, 0.15) is 5.75 Å². The fraction of sp³-hybridized carbons (Fsp3) is 0.682. The second-order valence-corrected chi connectivity index (χ2v) is 7.64. The molecule has 0 saturated carbocycles. The lowest BCUT2D eigenvalue weighted by Crippen LogP contribution is -2.47. The predicted octanol–water partition coefficient (Wildman–Crippen LogP) is 3.12. The number of hydrogen-bond donors (Lipinski definition) is 0. The maximum Gasteiger partial charge on any atom is 0.223 e. The molecule has 0 atom stereocenters. The first-order valence-electron chi connectivity index (χ1n) is 10.5. The van der Waals surface area contributed by atoms with E-state index in [2.05, 4.69) is 15.9 Å². The third-order valence-electron chi connectivity index (χ3n) is 5.86. The Morgan fingerprint density at radius 2 is 1.93 bits per heavy atom. The number of amides is 1. The summed E-state index contributed by atoms with van der Waals surface area (Å²) < 4.78 is 11.0. The number of carbonyl (C=O) groups is 1. The minimum atomic E-state index is 0.268. The minimum Gasteiger partial charge on any atom is -0.496 e. The van der Waals surface area contributed by atoms with Crippen molar-refractivity contribution in [2.75, 3.05) is 46.5 Å². The number of likely N-dealkylation sites (tertiary alicyclic amines) is 1. The smallest absolute Gasteiger partial charge is 0.223 e. The number of aryl methyl sites for hydroxylation is 1. The van der Waals surface area contributed by atoms with Gasteiger partial charge in [-0.25, -0.2) is 0 Å². The average molecular weight is 375 g/mol. The van der Waals surface area contributed by atoms with Gasteiger partial charge in [-0.15, -0.1) is 0 Å². The highest BCUT2D eigenvalue weighted by molar-refractivity contribution is 5.77. The molecule has 0 aliphatic carbocycles. The van der Waals surface area contributed by atoms with Gasteiger partial charge in [0.25, 0.3) is 0 Å². The molecule has 2 aliphatic rings. The molecule has 1 amide bonds. The number of rotatable bonds is 8. The lowest BCUT2D eigenvalue weighted by atomic mass is 10.0. The molecule has 150 valence electrons. The molecule has 0 bridgehead atoms. The van der Waals surface area contributed by atoms with Crippen LogP contribution in [0, 0.1) is 0 Å². The van der Waals surface area contributed by atoms with Crippen LogP contribution in [0.15, 0.2) is 24.3 Å². The highest BCUT2D eigenvalue weighted by Crippen LogP contribution is 2.21. The lowest BCUT2D eigenvalue weighted by molar-refractivity contribution is -0.135. The number of para-hydroxylation sites is 1. The van der Waals surface area contributed by atoms with Gasteiger partial charge in [0, 0.05) is 38.8 Å². The Kier molecular flexibility index (Phi) is 7.96. The molecule has 2 fully saturated rings. The molecule has 0 unspecified atom stereocenters. The molecule has 2 saturated heterocycles. The van der Waals surface area contributed by atoms with Gasteiger partial charge in [-0.05, 0) is 56.8 Å². The number of hydrogen-bond acceptors (Lipinski definition) is 4. The van der Waals surface area contributed by atoms with E-state index in [1.807, 2.05) is 18.2 Å². The van der Waals surface area contributed by atoms with Crippen molar-refractivity contribution in [1.82, 2.24) is 9.80 Å². The summed E-state index contributed by atoms with van der Waals surface area (Å²) >= 11 is 0. The first-order valence-corrected chi connectivity index (χ1v) is 10.5. The van der Waals surface area contributed by atoms with Gasteiger partial charge in [-0.3, -0.25) is 4.79 Å². The van der Waals surface area contributed by atoms with Crippen LogP contribution >= 0.6 is 0 Å². The van der Waals surface area contributed by atoms with Crippen LogP contribution < -0.4 is 4.74 Å². The van der Waals surface area contributed by atoms with Crippen molar-refractivity contribution in [3.05, 3.63) is 29.8 Å². The van der Waals surface area contributed by atoms with E-state index in [1.54, 1.807) is 7.11 Å². The molecule has 0 radical (unpaired) electrons. The van der Waals surface area contributed by atoms with Crippen LogP contribution in [0.1, 0.15) is 44.1 Å². The zero-order chi connectivity index (χ0) is 18.9. The van der Waals surface area contributed by atoms with Crippen LogP contribution in [0.5, 0.6) is 5.75 Å². The van der Waals surface area contributed by atoms with Crippen molar-refractivity contribution in [3.8, 4) is 5.75 Å². The predicted molar refractivity (Wildman–Crippen MR) is 107 cm³/mol. The number of benzene rings is 1. The highest BCUT2D eigenvalue weighted by atomic mass is 16.5. The van der Waals surface area contributed by atoms with Gasteiger partial charge < -0.3 is 19.3 Å². The van der Waals surface area contributed by atoms with Gasteiger partial charge in [0.2, 0.25) is 5.91 Å². The summed E-state index contributed by atoms with van der Waals surface area (Å²) in [7, 11) is 1.69. The Balaban J connectivity index is 1.58. The number of piperidine rings is 1. The average Bonchev–Trinajstić information content (AvgIpc) is 2.74. The SMILES string of the molecule is COc1ccccc1CCC(=O)N(CCN1CCCCC1)C1CCOCC1. The Morgan fingerprint density at radius 3 is 2.67 bits per heavy atom. The Bertz CT molecular complexity index is 581. The third kappa shape index (κ3) is 5.94. The lowest BCUT2D eigenvalue weighted by Gasteiger charge is -2.36. The summed E-state index contributed by atoms with van der Waals surface area (Å²) in [5.41, 5.74) is 1.11. The van der Waals surface area contributed by atoms with Crippen molar-refractivity contribution < 1.29 is 14.3 Å². The summed E-state index contributed by atoms with van der Waals surface area (Å²) in [5, 5.41) is 0. The Morgan fingerprint density at radius 1 is 1.19 bits per heavy atom. The molecular formula is C22H34N2O3. The first kappa shape index (κ1) is 20.2. The maximum absolute atomic E-state index is 13.1. The maximum atomic E-state index is 13.1. The summed E-state index contributed by atoms with van der Waals surface area (Å²) in [6.45, 7) is 5.73. The molecule has 1 aromatic carbocycles. The summed E-state index contributed by atoms with van der Waals surface area (Å²) in [6, 6.07) is 8.32. The normalized spacial score (nSPS) is 19.0. The summed E-state index contributed by atoms with van der Waals surface area (Å²) in [4.78, 5) is 17.8. The van der Waals surface area contributed by atoms with Crippen LogP contribution in [-0.4, -0.2) is 68.3 Å². The molecule has 27 heavy (non-hydrogen) atoms. The van der Waals surface area contributed by atoms with E-state index < -0.39 is 0 Å². The molecule has 3 rings (SSSR count). The van der Waals surface area contributed by atoms with Crippen molar-refractivity contribution in [3.63, 3.8) is 0 Å². The summed E-state index contributed by atoms with van der Waals surface area (Å²) in [6.07, 6.45) is 7.11. The highest BCUT2D eigenvalue weighted by Gasteiger charge is 2.26. The van der Waals surface area contributed by atoms with Crippen molar-refractivity contribution >= 4 is 5.91 Å². The molecule has 5 nitrogen and oxygen atoms in total. The molecule has 0 N–H and O–H groups in total. The van der Waals surface area contributed by atoms with Crippen LogP contribution in [-0.2, 0) is 16.0 Å². The third-order valence-corrected chi connectivity index (χ3v) is 5.86. The van der Waals surface area contributed by atoms with Crippen LogP contribution in [0.25, 0.3) is 0 Å². The van der Waals surface area contributed by atoms with E-state index in [0.29, 0.717) is 12.5 Å². The molecule has 0 aromatic heterocycles. The number of methoxy groups -OCH3 is 1. The van der Waals surface area contributed by atoms with Gasteiger partial charge in [0.05, 0.1) is 7.11 Å². The van der Waals surface area contributed by atoms with E-state index in [1.165, 1.54) is 32.4 Å². The molecule has 2 heterocycles. The monoisotopic (exact) mass is 374 g/mol. The Hall–Kier alpha value is -1.59. The zero-order valence-corrected chi connectivity index (χ0v) is 16.7. The van der Waals surface area contributed by atoms with Gasteiger partial charge in [-0.1, -0.05) is 24.6 Å².